The van der Waals surface area contributed by atoms with Crippen molar-refractivity contribution in [3.8, 4) is 0 Å². The van der Waals surface area contributed by atoms with Crippen LogP contribution in [0.15, 0.2) is 33.6 Å². The SMILES string of the molecule is Cc1c(Br)c(C(F)(F)F)nn1C(C)C(=O)NCc1ccc(S(N)(=O)=O)cc1. The molecule has 12 heteroatoms. The van der Waals surface area contributed by atoms with Crippen LogP contribution in [-0.2, 0) is 27.5 Å². The molecule has 0 aliphatic heterocycles. The number of rotatable bonds is 5. The van der Waals surface area contributed by atoms with Crippen LogP contribution in [0.5, 0.6) is 0 Å². The van der Waals surface area contributed by atoms with Crippen LogP contribution in [0, 0.1) is 6.92 Å². The largest absolute Gasteiger partial charge is 0.436 e. The summed E-state index contributed by atoms with van der Waals surface area (Å²) in [6.45, 7) is 2.90. The van der Waals surface area contributed by atoms with Crippen molar-refractivity contribution in [2.24, 2.45) is 5.14 Å². The third-order valence-electron chi connectivity index (χ3n) is 3.81. The summed E-state index contributed by atoms with van der Waals surface area (Å²) in [4.78, 5) is 12.2. The molecule has 7 nitrogen and oxygen atoms in total. The number of carbonyl (C=O) groups is 1. The van der Waals surface area contributed by atoms with Gasteiger partial charge in [0.15, 0.2) is 5.69 Å². The van der Waals surface area contributed by atoms with Crippen molar-refractivity contribution >= 4 is 31.9 Å². The predicted molar refractivity (Wildman–Crippen MR) is 94.0 cm³/mol. The average molecular weight is 469 g/mol. The van der Waals surface area contributed by atoms with Crippen molar-refractivity contribution in [2.75, 3.05) is 0 Å². The van der Waals surface area contributed by atoms with E-state index in [0.717, 1.165) is 4.68 Å². The molecule has 1 aromatic carbocycles. The average Bonchev–Trinajstić information content (AvgIpc) is 2.87. The zero-order valence-electron chi connectivity index (χ0n) is 14.2. The molecule has 27 heavy (non-hydrogen) atoms. The first-order valence-corrected chi connectivity index (χ1v) is 9.87. The number of hydrogen-bond donors (Lipinski definition) is 2. The number of carbonyl (C=O) groups excluding carboxylic acids is 1. The van der Waals surface area contributed by atoms with Gasteiger partial charge in [-0.3, -0.25) is 9.48 Å². The van der Waals surface area contributed by atoms with Crippen LogP contribution in [0.3, 0.4) is 0 Å². The Morgan fingerprint density at radius 1 is 1.33 bits per heavy atom. The summed E-state index contributed by atoms with van der Waals surface area (Å²) in [5.74, 6) is -0.544. The molecule has 0 saturated heterocycles. The predicted octanol–water partition coefficient (Wildman–Crippen LogP) is 2.50. The number of benzene rings is 1. The normalized spacial score (nSPS) is 13.4. The first-order chi connectivity index (χ1) is 12.3. The van der Waals surface area contributed by atoms with Gasteiger partial charge in [-0.15, -0.1) is 0 Å². The summed E-state index contributed by atoms with van der Waals surface area (Å²) in [5.41, 5.74) is -0.335. The van der Waals surface area contributed by atoms with E-state index >= 15 is 0 Å². The van der Waals surface area contributed by atoms with Crippen LogP contribution in [0.1, 0.15) is 29.9 Å². The minimum absolute atomic E-state index is 0.0572. The third-order valence-corrected chi connectivity index (χ3v) is 5.69. The molecule has 0 aliphatic carbocycles. The molecule has 0 saturated carbocycles. The Balaban J connectivity index is 2.10. The third kappa shape index (κ3) is 4.87. The van der Waals surface area contributed by atoms with Crippen LogP contribution < -0.4 is 10.5 Å². The summed E-state index contributed by atoms with van der Waals surface area (Å²) in [6, 6.07) is 4.56. The number of primary sulfonamides is 1. The minimum Gasteiger partial charge on any atom is -0.350 e. The molecule has 2 aromatic rings. The Kier molecular flexibility index (Phi) is 6.02. The molecule has 2 rings (SSSR count). The summed E-state index contributed by atoms with van der Waals surface area (Å²) >= 11 is 2.86. The lowest BCUT2D eigenvalue weighted by molar-refractivity contribution is -0.142. The summed E-state index contributed by atoms with van der Waals surface area (Å²) in [7, 11) is -3.81. The zero-order valence-corrected chi connectivity index (χ0v) is 16.6. The highest BCUT2D eigenvalue weighted by atomic mass is 79.9. The number of nitrogens with zero attached hydrogens (tertiary/aromatic N) is 2. The fourth-order valence-corrected chi connectivity index (χ4v) is 3.30. The standard InChI is InChI=1S/C15H16BrF3N4O3S/c1-8-12(16)13(15(17,18)19)22-23(8)9(2)14(24)21-7-10-3-5-11(6-4-10)27(20,25)26/h3-6,9H,7H2,1-2H3,(H,21,24)(H2,20,25,26). The van der Waals surface area contributed by atoms with Crippen LogP contribution >= 0.6 is 15.9 Å². The van der Waals surface area contributed by atoms with Gasteiger partial charge in [-0.05, 0) is 47.5 Å². The molecular formula is C15H16BrF3N4O3S. The van der Waals surface area contributed by atoms with Crippen LogP contribution in [0.2, 0.25) is 0 Å². The number of nitrogens with two attached hydrogens (primary N) is 1. The Morgan fingerprint density at radius 2 is 1.89 bits per heavy atom. The number of alkyl halides is 3. The molecule has 1 amide bonds. The van der Waals surface area contributed by atoms with Gasteiger partial charge in [-0.25, -0.2) is 13.6 Å². The molecule has 148 valence electrons. The van der Waals surface area contributed by atoms with E-state index in [-0.39, 0.29) is 21.6 Å². The number of halogens is 4. The molecule has 1 aromatic heterocycles. The van der Waals surface area contributed by atoms with E-state index in [1.807, 2.05) is 0 Å². The second-order valence-corrected chi connectivity index (χ2v) is 8.13. The highest BCUT2D eigenvalue weighted by Gasteiger charge is 2.38. The fraction of sp³-hybridized carbons (Fsp3) is 0.333. The number of nitrogens with one attached hydrogen (secondary N) is 1. The smallest absolute Gasteiger partial charge is 0.350 e. The highest BCUT2D eigenvalue weighted by molar-refractivity contribution is 9.10. The van der Waals surface area contributed by atoms with Gasteiger partial charge in [-0.1, -0.05) is 12.1 Å². The number of amides is 1. The first-order valence-electron chi connectivity index (χ1n) is 7.53. The van der Waals surface area contributed by atoms with Crippen molar-refractivity contribution in [2.45, 2.75) is 37.5 Å². The second kappa shape index (κ2) is 7.60. The summed E-state index contributed by atoms with van der Waals surface area (Å²) in [6.07, 6.45) is -4.64. The Bertz CT molecular complexity index is 956. The Labute approximate surface area is 161 Å². The molecule has 1 unspecified atom stereocenters. The molecule has 0 spiro atoms. The molecule has 0 radical (unpaired) electrons. The molecule has 0 aliphatic rings. The summed E-state index contributed by atoms with van der Waals surface area (Å²) in [5, 5.41) is 11.1. The monoisotopic (exact) mass is 468 g/mol. The van der Waals surface area contributed by atoms with Gasteiger partial charge < -0.3 is 5.32 Å². The molecule has 1 atom stereocenters. The van der Waals surface area contributed by atoms with Gasteiger partial charge in [0.05, 0.1) is 15.1 Å². The van der Waals surface area contributed by atoms with Crippen molar-refractivity contribution in [3.63, 3.8) is 0 Å². The van der Waals surface area contributed by atoms with E-state index in [2.05, 4.69) is 26.3 Å². The maximum absolute atomic E-state index is 12.9. The van der Waals surface area contributed by atoms with Crippen molar-refractivity contribution in [1.29, 1.82) is 0 Å². The van der Waals surface area contributed by atoms with Crippen LogP contribution in [0.25, 0.3) is 0 Å². The topological polar surface area (TPSA) is 107 Å². The van der Waals surface area contributed by atoms with E-state index < -0.39 is 33.8 Å². The molecule has 1 heterocycles. The fourth-order valence-electron chi connectivity index (χ4n) is 2.30. The lowest BCUT2D eigenvalue weighted by atomic mass is 10.2. The summed E-state index contributed by atoms with van der Waals surface area (Å²) < 4.78 is 62.0. The lowest BCUT2D eigenvalue weighted by Gasteiger charge is -2.14. The van der Waals surface area contributed by atoms with Crippen LogP contribution in [-0.4, -0.2) is 24.1 Å². The molecule has 3 N–H and O–H groups in total. The van der Waals surface area contributed by atoms with Crippen molar-refractivity contribution in [3.05, 3.63) is 45.7 Å². The van der Waals surface area contributed by atoms with Gasteiger partial charge in [0, 0.05) is 6.54 Å². The molecule has 0 bridgehead atoms. The highest BCUT2D eigenvalue weighted by Crippen LogP contribution is 2.36. The van der Waals surface area contributed by atoms with Gasteiger partial charge >= 0.3 is 6.18 Å². The van der Waals surface area contributed by atoms with E-state index in [0.29, 0.717) is 5.56 Å². The van der Waals surface area contributed by atoms with E-state index in [9.17, 15) is 26.4 Å². The second-order valence-electron chi connectivity index (χ2n) is 5.77. The lowest BCUT2D eigenvalue weighted by Crippen LogP contribution is -2.31. The van der Waals surface area contributed by atoms with E-state index in [1.165, 1.54) is 38.1 Å². The Morgan fingerprint density at radius 3 is 2.33 bits per heavy atom. The van der Waals surface area contributed by atoms with Gasteiger partial charge in [-0.2, -0.15) is 18.3 Å². The van der Waals surface area contributed by atoms with Gasteiger partial charge in [0.2, 0.25) is 15.9 Å². The van der Waals surface area contributed by atoms with E-state index in [1.54, 1.807) is 0 Å². The van der Waals surface area contributed by atoms with Gasteiger partial charge in [0.25, 0.3) is 0 Å². The maximum Gasteiger partial charge on any atom is 0.436 e. The maximum atomic E-state index is 12.9. The van der Waals surface area contributed by atoms with Crippen LogP contribution in [0.4, 0.5) is 13.2 Å². The minimum atomic E-state index is -4.64. The van der Waals surface area contributed by atoms with E-state index in [4.69, 9.17) is 5.14 Å². The number of sulfonamides is 1. The first kappa shape index (κ1) is 21.4. The molecular weight excluding hydrogens is 453 g/mol. The number of aromatic nitrogens is 2. The quantitative estimate of drug-likeness (QED) is 0.702. The van der Waals surface area contributed by atoms with Crippen molar-refractivity contribution < 1.29 is 26.4 Å². The molecule has 0 fully saturated rings. The number of hydrogen-bond acceptors (Lipinski definition) is 4. The Hall–Kier alpha value is -1.92. The van der Waals surface area contributed by atoms with Gasteiger partial charge in [0.1, 0.15) is 6.04 Å². The zero-order chi connectivity index (χ0) is 20.6. The van der Waals surface area contributed by atoms with Crippen molar-refractivity contribution in [1.82, 2.24) is 15.1 Å².